The third-order valence-corrected chi connectivity index (χ3v) is 4.21. The van der Waals surface area contributed by atoms with Gasteiger partial charge in [-0.25, -0.2) is 0 Å². The van der Waals surface area contributed by atoms with Crippen LogP contribution < -0.4 is 0 Å². The first-order valence-electron chi connectivity index (χ1n) is 7.61. The molecule has 0 N–H and O–H groups in total. The monoisotopic (exact) mass is 224 g/mol. The molecular formula is C16H32. The molecule has 0 aromatic carbocycles. The van der Waals surface area contributed by atoms with Crippen LogP contribution in [0.2, 0.25) is 0 Å². The van der Waals surface area contributed by atoms with Crippen LogP contribution in [0.3, 0.4) is 0 Å². The second kappa shape index (κ2) is 7.35. The van der Waals surface area contributed by atoms with Gasteiger partial charge in [0.05, 0.1) is 0 Å². The van der Waals surface area contributed by atoms with Gasteiger partial charge in [-0.15, -0.1) is 0 Å². The lowest BCUT2D eigenvalue weighted by Gasteiger charge is -2.30. The van der Waals surface area contributed by atoms with Crippen molar-refractivity contribution in [2.24, 2.45) is 23.7 Å². The topological polar surface area (TPSA) is 0 Å². The minimum absolute atomic E-state index is 0.887. The van der Waals surface area contributed by atoms with Gasteiger partial charge < -0.3 is 0 Å². The van der Waals surface area contributed by atoms with Crippen LogP contribution in [0.4, 0.5) is 0 Å². The van der Waals surface area contributed by atoms with Gasteiger partial charge >= 0.3 is 0 Å². The summed E-state index contributed by atoms with van der Waals surface area (Å²) in [5, 5.41) is 0. The summed E-state index contributed by atoms with van der Waals surface area (Å²) < 4.78 is 0. The largest absolute Gasteiger partial charge is 0.0654 e. The Labute approximate surface area is 103 Å². The third kappa shape index (κ3) is 5.37. The highest BCUT2D eigenvalue weighted by molar-refractivity contribution is 4.74. The Hall–Kier alpha value is 0. The molecule has 1 saturated carbocycles. The van der Waals surface area contributed by atoms with Gasteiger partial charge in [-0.2, -0.15) is 0 Å². The molecule has 0 radical (unpaired) electrons. The summed E-state index contributed by atoms with van der Waals surface area (Å²) in [6.45, 7) is 9.55. The highest BCUT2D eigenvalue weighted by Gasteiger charge is 2.22. The van der Waals surface area contributed by atoms with Gasteiger partial charge in [0.15, 0.2) is 0 Å². The maximum absolute atomic E-state index is 2.45. The summed E-state index contributed by atoms with van der Waals surface area (Å²) in [7, 11) is 0. The van der Waals surface area contributed by atoms with Gasteiger partial charge in [0.25, 0.3) is 0 Å². The van der Waals surface area contributed by atoms with E-state index in [0.717, 1.165) is 23.7 Å². The predicted octanol–water partition coefficient (Wildman–Crippen LogP) is 5.67. The van der Waals surface area contributed by atoms with Gasteiger partial charge in [0.1, 0.15) is 0 Å². The summed E-state index contributed by atoms with van der Waals surface area (Å²) in [5.74, 6) is 3.96. The molecule has 0 heterocycles. The molecule has 0 heteroatoms. The van der Waals surface area contributed by atoms with Crippen molar-refractivity contribution in [3.05, 3.63) is 0 Å². The Kier molecular flexibility index (Phi) is 6.46. The zero-order valence-electron chi connectivity index (χ0n) is 12.0. The van der Waals surface area contributed by atoms with E-state index < -0.39 is 0 Å². The molecule has 16 heavy (non-hydrogen) atoms. The number of hydrogen-bond acceptors (Lipinski definition) is 0. The van der Waals surface area contributed by atoms with Crippen molar-refractivity contribution in [3.8, 4) is 0 Å². The zero-order chi connectivity index (χ0) is 12.0. The second-order valence-corrected chi connectivity index (χ2v) is 6.66. The summed E-state index contributed by atoms with van der Waals surface area (Å²) in [6.07, 6.45) is 11.8. The van der Waals surface area contributed by atoms with Crippen LogP contribution >= 0.6 is 0 Å². The van der Waals surface area contributed by atoms with Crippen LogP contribution in [0, 0.1) is 23.7 Å². The van der Waals surface area contributed by atoms with Crippen molar-refractivity contribution in [2.75, 3.05) is 0 Å². The van der Waals surface area contributed by atoms with Crippen LogP contribution in [-0.2, 0) is 0 Å². The lowest BCUT2D eigenvalue weighted by atomic mass is 9.76. The van der Waals surface area contributed by atoms with Crippen molar-refractivity contribution in [1.82, 2.24) is 0 Å². The molecule has 3 unspecified atom stereocenters. The molecule has 0 spiro atoms. The van der Waals surface area contributed by atoms with Gasteiger partial charge in [0.2, 0.25) is 0 Å². The molecule has 0 saturated heterocycles. The molecule has 0 aromatic rings. The van der Waals surface area contributed by atoms with E-state index in [-0.39, 0.29) is 0 Å². The zero-order valence-corrected chi connectivity index (χ0v) is 12.0. The van der Waals surface area contributed by atoms with Crippen molar-refractivity contribution >= 4 is 0 Å². The quantitative estimate of drug-likeness (QED) is 0.545. The average molecular weight is 224 g/mol. The normalized spacial score (nSPS) is 28.3. The van der Waals surface area contributed by atoms with E-state index in [2.05, 4.69) is 27.7 Å². The summed E-state index contributed by atoms with van der Waals surface area (Å²) >= 11 is 0. The van der Waals surface area contributed by atoms with E-state index in [1.54, 1.807) is 0 Å². The summed E-state index contributed by atoms with van der Waals surface area (Å²) in [5.41, 5.74) is 0. The maximum Gasteiger partial charge on any atom is -0.0409 e. The standard InChI is InChI=1S/C16H32/c1-5-7-15(10-13(2)3)12-16-9-6-8-14(4)11-16/h13-16H,5-12H2,1-4H3. The Morgan fingerprint density at radius 2 is 1.94 bits per heavy atom. The number of rotatable bonds is 6. The molecule has 96 valence electrons. The van der Waals surface area contributed by atoms with E-state index in [4.69, 9.17) is 0 Å². The van der Waals surface area contributed by atoms with E-state index in [0.29, 0.717) is 0 Å². The second-order valence-electron chi connectivity index (χ2n) is 6.66. The Bertz CT molecular complexity index is 171. The van der Waals surface area contributed by atoms with Crippen molar-refractivity contribution in [3.63, 3.8) is 0 Å². The Morgan fingerprint density at radius 1 is 1.19 bits per heavy atom. The third-order valence-electron chi connectivity index (χ3n) is 4.21. The van der Waals surface area contributed by atoms with E-state index in [9.17, 15) is 0 Å². The molecule has 0 amide bonds. The lowest BCUT2D eigenvalue weighted by Crippen LogP contribution is -2.17. The smallest absolute Gasteiger partial charge is 0.0409 e. The van der Waals surface area contributed by atoms with Gasteiger partial charge in [-0.3, -0.25) is 0 Å². The molecule has 0 aromatic heterocycles. The van der Waals surface area contributed by atoms with Crippen LogP contribution in [-0.4, -0.2) is 0 Å². The Morgan fingerprint density at radius 3 is 2.50 bits per heavy atom. The SMILES string of the molecule is CCCC(CC(C)C)CC1CCCC(C)C1. The van der Waals surface area contributed by atoms with Crippen molar-refractivity contribution < 1.29 is 0 Å². The van der Waals surface area contributed by atoms with Crippen LogP contribution in [0.15, 0.2) is 0 Å². The van der Waals surface area contributed by atoms with Crippen LogP contribution in [0.5, 0.6) is 0 Å². The first kappa shape index (κ1) is 14.1. The van der Waals surface area contributed by atoms with Crippen molar-refractivity contribution in [1.29, 1.82) is 0 Å². The minimum Gasteiger partial charge on any atom is -0.0654 e. The lowest BCUT2D eigenvalue weighted by molar-refractivity contribution is 0.218. The average Bonchev–Trinajstić information content (AvgIpc) is 2.16. The molecule has 1 aliphatic rings. The summed E-state index contributed by atoms with van der Waals surface area (Å²) in [6, 6.07) is 0. The van der Waals surface area contributed by atoms with Gasteiger partial charge in [-0.1, -0.05) is 59.8 Å². The first-order chi connectivity index (χ1) is 7.61. The predicted molar refractivity (Wildman–Crippen MR) is 73.6 cm³/mol. The van der Waals surface area contributed by atoms with Gasteiger partial charge in [-0.05, 0) is 42.9 Å². The molecule has 1 aliphatic carbocycles. The summed E-state index contributed by atoms with van der Waals surface area (Å²) in [4.78, 5) is 0. The van der Waals surface area contributed by atoms with E-state index in [1.165, 1.54) is 51.4 Å². The van der Waals surface area contributed by atoms with Crippen LogP contribution in [0.25, 0.3) is 0 Å². The highest BCUT2D eigenvalue weighted by Crippen LogP contribution is 2.35. The molecule has 0 nitrogen and oxygen atoms in total. The fourth-order valence-electron chi connectivity index (χ4n) is 3.65. The molecular weight excluding hydrogens is 192 g/mol. The highest BCUT2D eigenvalue weighted by atomic mass is 14.3. The fraction of sp³-hybridized carbons (Fsp3) is 1.00. The van der Waals surface area contributed by atoms with Crippen molar-refractivity contribution in [2.45, 2.75) is 79.1 Å². The first-order valence-corrected chi connectivity index (χ1v) is 7.61. The Balaban J connectivity index is 2.34. The van der Waals surface area contributed by atoms with Crippen LogP contribution in [0.1, 0.15) is 79.1 Å². The minimum atomic E-state index is 0.887. The molecule has 1 rings (SSSR count). The molecule has 1 fully saturated rings. The molecule has 3 atom stereocenters. The van der Waals surface area contributed by atoms with Gasteiger partial charge in [0, 0.05) is 0 Å². The number of hydrogen-bond donors (Lipinski definition) is 0. The molecule has 0 bridgehead atoms. The fourth-order valence-corrected chi connectivity index (χ4v) is 3.65. The van der Waals surface area contributed by atoms with E-state index >= 15 is 0 Å². The molecule has 0 aliphatic heterocycles. The van der Waals surface area contributed by atoms with E-state index in [1.807, 2.05) is 0 Å². The maximum atomic E-state index is 2.45.